The number of carbonyl (C=O) groups excluding carboxylic acids is 1. The molecule has 0 aliphatic carbocycles. The van der Waals surface area contributed by atoms with Crippen LogP contribution in [-0.4, -0.2) is 27.4 Å². The lowest BCUT2D eigenvalue weighted by atomic mass is 10.0. The number of hydrogen-bond donors (Lipinski definition) is 1. The van der Waals surface area contributed by atoms with E-state index in [1.54, 1.807) is 34.5 Å². The monoisotopic (exact) mass is 464 g/mol. The van der Waals surface area contributed by atoms with E-state index in [1.165, 1.54) is 7.11 Å². The van der Waals surface area contributed by atoms with Crippen LogP contribution in [-0.2, 0) is 18.3 Å². The summed E-state index contributed by atoms with van der Waals surface area (Å²) in [4.78, 5) is 25.8. The summed E-state index contributed by atoms with van der Waals surface area (Å²) in [5.41, 5.74) is 4.37. The summed E-state index contributed by atoms with van der Waals surface area (Å²) in [7, 11) is 3.28. The predicted octanol–water partition coefficient (Wildman–Crippen LogP) is 4.57. The van der Waals surface area contributed by atoms with Crippen LogP contribution >= 0.6 is 11.6 Å². The first-order chi connectivity index (χ1) is 15.8. The standard InChI is InChI=1S/C25H25ClN4O3/c1-15-19(11-13-22(31)27-17-10-12-21(33-4)20(26)14-17)25(32)29(3)24-23(15)16(2)28-30(24)18-8-6-5-7-9-18/h5-10,12,14H,11,13H2,1-4H3,(H,27,31). The van der Waals surface area contributed by atoms with Crippen LogP contribution in [0.1, 0.15) is 23.2 Å². The number of carbonyl (C=O) groups is 1. The molecule has 0 saturated heterocycles. The van der Waals surface area contributed by atoms with Crippen molar-refractivity contribution >= 4 is 34.2 Å². The van der Waals surface area contributed by atoms with Gasteiger partial charge in [-0.15, -0.1) is 0 Å². The topological polar surface area (TPSA) is 78.2 Å². The highest BCUT2D eigenvalue weighted by Crippen LogP contribution is 2.28. The van der Waals surface area contributed by atoms with Gasteiger partial charge in [-0.1, -0.05) is 29.8 Å². The van der Waals surface area contributed by atoms with Gasteiger partial charge >= 0.3 is 0 Å². The van der Waals surface area contributed by atoms with Gasteiger partial charge < -0.3 is 10.1 Å². The third-order valence-electron chi connectivity index (χ3n) is 5.78. The molecular formula is C25H25ClN4O3. The van der Waals surface area contributed by atoms with E-state index >= 15 is 0 Å². The lowest BCUT2D eigenvalue weighted by Gasteiger charge is -2.13. The van der Waals surface area contributed by atoms with Crippen molar-refractivity contribution in [2.45, 2.75) is 26.7 Å². The van der Waals surface area contributed by atoms with Crippen LogP contribution in [0.25, 0.3) is 16.7 Å². The van der Waals surface area contributed by atoms with Gasteiger partial charge in [0.15, 0.2) is 0 Å². The number of nitrogens with zero attached hydrogens (tertiary/aromatic N) is 3. The van der Waals surface area contributed by atoms with Crippen molar-refractivity contribution in [3.8, 4) is 11.4 Å². The number of anilines is 1. The van der Waals surface area contributed by atoms with Crippen LogP contribution in [0.3, 0.4) is 0 Å². The summed E-state index contributed by atoms with van der Waals surface area (Å²) < 4.78 is 8.55. The maximum absolute atomic E-state index is 13.2. The summed E-state index contributed by atoms with van der Waals surface area (Å²) in [5.74, 6) is 0.336. The third-order valence-corrected chi connectivity index (χ3v) is 6.08. The summed E-state index contributed by atoms with van der Waals surface area (Å²) in [6, 6.07) is 14.8. The van der Waals surface area contributed by atoms with E-state index in [-0.39, 0.29) is 17.9 Å². The molecule has 2 heterocycles. The van der Waals surface area contributed by atoms with E-state index in [0.29, 0.717) is 28.4 Å². The number of nitrogens with one attached hydrogen (secondary N) is 1. The quantitative estimate of drug-likeness (QED) is 0.453. The van der Waals surface area contributed by atoms with Gasteiger partial charge in [0, 0.05) is 30.1 Å². The van der Waals surface area contributed by atoms with Crippen LogP contribution in [0.15, 0.2) is 53.3 Å². The van der Waals surface area contributed by atoms with Crippen molar-refractivity contribution < 1.29 is 9.53 Å². The van der Waals surface area contributed by atoms with Crippen LogP contribution in [0.4, 0.5) is 5.69 Å². The van der Waals surface area contributed by atoms with Crippen LogP contribution in [0.2, 0.25) is 5.02 Å². The summed E-state index contributed by atoms with van der Waals surface area (Å²) in [6.45, 7) is 3.85. The average molecular weight is 465 g/mol. The highest BCUT2D eigenvalue weighted by molar-refractivity contribution is 6.32. The Morgan fingerprint density at radius 3 is 2.55 bits per heavy atom. The fourth-order valence-corrected chi connectivity index (χ4v) is 4.38. The molecule has 0 fully saturated rings. The number of amides is 1. The van der Waals surface area contributed by atoms with E-state index in [2.05, 4.69) is 5.32 Å². The molecule has 0 aliphatic heterocycles. The lowest BCUT2D eigenvalue weighted by Crippen LogP contribution is -2.25. The van der Waals surface area contributed by atoms with Crippen molar-refractivity contribution in [3.63, 3.8) is 0 Å². The Hall–Kier alpha value is -3.58. The van der Waals surface area contributed by atoms with E-state index in [1.807, 2.05) is 44.2 Å². The van der Waals surface area contributed by atoms with E-state index in [9.17, 15) is 9.59 Å². The Morgan fingerprint density at radius 2 is 1.88 bits per heavy atom. The largest absolute Gasteiger partial charge is 0.495 e. The number of pyridine rings is 1. The van der Waals surface area contributed by atoms with Gasteiger partial charge in [0.25, 0.3) is 5.56 Å². The number of rotatable bonds is 6. The first-order valence-electron chi connectivity index (χ1n) is 10.6. The van der Waals surface area contributed by atoms with Gasteiger partial charge in [-0.05, 0) is 56.2 Å². The average Bonchev–Trinajstić information content (AvgIpc) is 3.15. The number of aryl methyl sites for hydroxylation is 3. The molecule has 0 spiro atoms. The van der Waals surface area contributed by atoms with E-state index < -0.39 is 0 Å². The number of aromatic nitrogens is 3. The van der Waals surface area contributed by atoms with Gasteiger partial charge in [-0.2, -0.15) is 5.10 Å². The van der Waals surface area contributed by atoms with Crippen LogP contribution in [0, 0.1) is 13.8 Å². The third kappa shape index (κ3) is 4.24. The lowest BCUT2D eigenvalue weighted by molar-refractivity contribution is -0.116. The van der Waals surface area contributed by atoms with E-state index in [4.69, 9.17) is 21.4 Å². The molecule has 1 amide bonds. The second kappa shape index (κ2) is 9.11. The number of para-hydroxylation sites is 1. The minimum atomic E-state index is -0.200. The first-order valence-corrected chi connectivity index (χ1v) is 11.0. The Labute approximate surface area is 196 Å². The van der Waals surface area contributed by atoms with Gasteiger partial charge in [0.2, 0.25) is 5.91 Å². The molecule has 0 aliphatic rings. The first kappa shape index (κ1) is 22.6. The van der Waals surface area contributed by atoms with Crippen molar-refractivity contribution in [2.75, 3.05) is 12.4 Å². The molecule has 7 nitrogen and oxygen atoms in total. The molecule has 0 bridgehead atoms. The highest BCUT2D eigenvalue weighted by atomic mass is 35.5. The number of ether oxygens (including phenoxy) is 1. The van der Waals surface area contributed by atoms with Crippen LogP contribution in [0.5, 0.6) is 5.75 Å². The zero-order chi connectivity index (χ0) is 23.7. The minimum Gasteiger partial charge on any atom is -0.495 e. The number of hydrogen-bond acceptors (Lipinski definition) is 4. The minimum absolute atomic E-state index is 0.127. The van der Waals surface area contributed by atoms with Crippen molar-refractivity contribution in [1.82, 2.24) is 14.3 Å². The second-order valence-electron chi connectivity index (χ2n) is 7.90. The molecule has 4 aromatic rings. The van der Waals surface area contributed by atoms with E-state index in [0.717, 1.165) is 28.0 Å². The fraction of sp³-hybridized carbons (Fsp3) is 0.240. The molecule has 8 heteroatoms. The van der Waals surface area contributed by atoms with Crippen molar-refractivity contribution in [3.05, 3.63) is 80.7 Å². The molecule has 2 aromatic heterocycles. The fourth-order valence-electron chi connectivity index (χ4n) is 4.12. The number of methoxy groups -OCH3 is 1. The molecule has 0 atom stereocenters. The second-order valence-corrected chi connectivity index (χ2v) is 8.30. The normalized spacial score (nSPS) is 11.1. The SMILES string of the molecule is COc1ccc(NC(=O)CCc2c(C)c3c(C)nn(-c4ccccc4)c3n(C)c2=O)cc1Cl. The zero-order valence-corrected chi connectivity index (χ0v) is 19.7. The summed E-state index contributed by atoms with van der Waals surface area (Å²) in [5, 5.41) is 8.86. The number of benzene rings is 2. The van der Waals surface area contributed by atoms with Crippen molar-refractivity contribution in [2.24, 2.45) is 7.05 Å². The summed E-state index contributed by atoms with van der Waals surface area (Å²) in [6.07, 6.45) is 0.483. The molecule has 1 N–H and O–H groups in total. The maximum Gasteiger partial charge on any atom is 0.255 e. The molecular weight excluding hydrogens is 440 g/mol. The van der Waals surface area contributed by atoms with Gasteiger partial charge in [0.05, 0.1) is 23.5 Å². The van der Waals surface area contributed by atoms with Crippen LogP contribution < -0.4 is 15.6 Å². The molecule has 0 unspecified atom stereocenters. The molecule has 2 aromatic carbocycles. The molecule has 0 saturated carbocycles. The predicted molar refractivity (Wildman–Crippen MR) is 131 cm³/mol. The Morgan fingerprint density at radius 1 is 1.15 bits per heavy atom. The molecule has 4 rings (SSSR count). The smallest absolute Gasteiger partial charge is 0.255 e. The Balaban J connectivity index is 1.62. The zero-order valence-electron chi connectivity index (χ0n) is 19.0. The highest BCUT2D eigenvalue weighted by Gasteiger charge is 2.20. The molecule has 170 valence electrons. The number of halogens is 1. The Kier molecular flexibility index (Phi) is 6.24. The molecule has 33 heavy (non-hydrogen) atoms. The van der Waals surface area contributed by atoms with Gasteiger partial charge in [-0.3, -0.25) is 14.2 Å². The van der Waals surface area contributed by atoms with Gasteiger partial charge in [-0.25, -0.2) is 4.68 Å². The summed E-state index contributed by atoms with van der Waals surface area (Å²) >= 11 is 6.13. The maximum atomic E-state index is 13.2. The van der Waals surface area contributed by atoms with Crippen molar-refractivity contribution in [1.29, 1.82) is 0 Å². The molecule has 0 radical (unpaired) electrons. The van der Waals surface area contributed by atoms with Gasteiger partial charge in [0.1, 0.15) is 11.4 Å². The number of fused-ring (bicyclic) bond motifs is 1. The Bertz CT molecular complexity index is 1410.